The second-order valence-corrected chi connectivity index (χ2v) is 7.40. The van der Waals surface area contributed by atoms with E-state index in [0.29, 0.717) is 0 Å². The van der Waals surface area contributed by atoms with E-state index < -0.39 is 12.2 Å². The van der Waals surface area contributed by atoms with Gasteiger partial charge in [0.1, 0.15) is 0 Å². The van der Waals surface area contributed by atoms with Crippen LogP contribution in [0.25, 0.3) is 0 Å². The van der Waals surface area contributed by atoms with Crippen LogP contribution < -0.4 is 0 Å². The first-order valence-corrected chi connectivity index (χ1v) is 10.1. The van der Waals surface area contributed by atoms with Gasteiger partial charge in [-0.25, -0.2) is 0 Å². The van der Waals surface area contributed by atoms with Crippen LogP contribution >= 0.6 is 0 Å². The number of hydrogen-bond acceptors (Lipinski definition) is 3. The molecular formula is C20H43NO2. The van der Waals surface area contributed by atoms with Gasteiger partial charge in [0.2, 0.25) is 0 Å². The predicted octanol–water partition coefficient (Wildman–Crippen LogP) is 4.75. The molecule has 0 fully saturated rings. The van der Waals surface area contributed by atoms with Crippen LogP contribution in [-0.2, 0) is 0 Å². The first-order chi connectivity index (χ1) is 11.1. The summed E-state index contributed by atoms with van der Waals surface area (Å²) in [6, 6.07) is 0. The molecule has 0 aliphatic heterocycles. The molecule has 2 atom stereocenters. The number of hydrogen-bond donors (Lipinski definition) is 2. The second kappa shape index (κ2) is 16.7. The van der Waals surface area contributed by atoms with Crippen LogP contribution in [0.4, 0.5) is 0 Å². The van der Waals surface area contributed by atoms with E-state index in [0.717, 1.165) is 25.7 Å². The van der Waals surface area contributed by atoms with Crippen molar-refractivity contribution >= 4 is 0 Å². The zero-order chi connectivity index (χ0) is 17.3. The molecule has 3 heteroatoms. The molecule has 0 radical (unpaired) electrons. The minimum Gasteiger partial charge on any atom is -0.390 e. The summed E-state index contributed by atoms with van der Waals surface area (Å²) < 4.78 is 0. The molecular weight excluding hydrogens is 286 g/mol. The molecule has 0 bridgehead atoms. The Morgan fingerprint density at radius 2 is 1.00 bits per heavy atom. The summed E-state index contributed by atoms with van der Waals surface area (Å²) in [5.74, 6) is 0. The van der Waals surface area contributed by atoms with Gasteiger partial charge in [0.25, 0.3) is 0 Å². The minimum absolute atomic E-state index is 0.513. The monoisotopic (exact) mass is 329 g/mol. The number of aliphatic hydroxyl groups excluding tert-OH is 2. The van der Waals surface area contributed by atoms with Gasteiger partial charge in [-0.05, 0) is 39.9 Å². The molecule has 0 amide bonds. The van der Waals surface area contributed by atoms with Crippen molar-refractivity contribution in [2.24, 2.45) is 0 Å². The van der Waals surface area contributed by atoms with E-state index in [1.807, 2.05) is 0 Å². The summed E-state index contributed by atoms with van der Waals surface area (Å²) >= 11 is 0. The molecule has 0 rings (SSSR count). The van der Waals surface area contributed by atoms with Crippen LogP contribution in [0.3, 0.4) is 0 Å². The quantitative estimate of drug-likeness (QED) is 0.378. The van der Waals surface area contributed by atoms with Crippen LogP contribution in [0, 0.1) is 0 Å². The van der Waals surface area contributed by atoms with Crippen molar-refractivity contribution in [2.75, 3.05) is 20.6 Å². The maximum atomic E-state index is 10.0. The lowest BCUT2D eigenvalue weighted by atomic mass is 9.99. The fourth-order valence-electron chi connectivity index (χ4n) is 3.01. The number of unbranched alkanes of at least 4 members (excludes halogenated alkanes) is 10. The third-order valence-electron chi connectivity index (χ3n) is 4.65. The van der Waals surface area contributed by atoms with Crippen LogP contribution in [0.2, 0.25) is 0 Å². The summed E-state index contributed by atoms with van der Waals surface area (Å²) in [5, 5.41) is 20.0. The van der Waals surface area contributed by atoms with E-state index in [-0.39, 0.29) is 0 Å². The molecule has 0 aromatic rings. The van der Waals surface area contributed by atoms with E-state index in [1.54, 1.807) is 0 Å². The summed E-state index contributed by atoms with van der Waals surface area (Å²) in [6.07, 6.45) is 15.3. The van der Waals surface area contributed by atoms with Gasteiger partial charge < -0.3 is 15.1 Å². The molecule has 0 aromatic carbocycles. The fraction of sp³-hybridized carbons (Fsp3) is 1.00. The van der Waals surface area contributed by atoms with E-state index in [9.17, 15) is 10.2 Å². The van der Waals surface area contributed by atoms with Gasteiger partial charge in [0.15, 0.2) is 0 Å². The highest BCUT2D eigenvalue weighted by Gasteiger charge is 2.15. The van der Waals surface area contributed by atoms with Gasteiger partial charge in [-0.15, -0.1) is 0 Å². The molecule has 0 aromatic heterocycles. The van der Waals surface area contributed by atoms with Crippen molar-refractivity contribution in [1.82, 2.24) is 4.90 Å². The third-order valence-corrected chi connectivity index (χ3v) is 4.65. The zero-order valence-corrected chi connectivity index (χ0v) is 16.1. The standard InChI is InChI=1S/C20H43NO2/c1-4-5-6-7-10-13-16-19(22)20(23)17-14-11-8-9-12-15-18-21(2)3/h19-20,22-23H,4-18H2,1-3H3/t19-,20?/m1/s1. The van der Waals surface area contributed by atoms with E-state index in [2.05, 4.69) is 25.9 Å². The normalized spacial score (nSPS) is 14.3. The van der Waals surface area contributed by atoms with Gasteiger partial charge in [-0.2, -0.15) is 0 Å². The highest BCUT2D eigenvalue weighted by molar-refractivity contribution is 4.67. The SMILES string of the molecule is CCCCCCCC[C@@H](O)C(O)CCCCCCCCN(C)C. The molecule has 1 unspecified atom stereocenters. The lowest BCUT2D eigenvalue weighted by molar-refractivity contribution is 0.00712. The lowest BCUT2D eigenvalue weighted by Gasteiger charge is -2.17. The van der Waals surface area contributed by atoms with Gasteiger partial charge in [0, 0.05) is 0 Å². The van der Waals surface area contributed by atoms with Crippen LogP contribution in [0.1, 0.15) is 96.8 Å². The molecule has 3 nitrogen and oxygen atoms in total. The summed E-state index contributed by atoms with van der Waals surface area (Å²) in [4.78, 5) is 2.24. The first-order valence-electron chi connectivity index (χ1n) is 10.1. The Morgan fingerprint density at radius 3 is 1.43 bits per heavy atom. The Hall–Kier alpha value is -0.120. The molecule has 0 heterocycles. The van der Waals surface area contributed by atoms with Crippen molar-refractivity contribution in [3.8, 4) is 0 Å². The Balaban J connectivity index is 3.35. The highest BCUT2D eigenvalue weighted by atomic mass is 16.3. The molecule has 0 saturated carbocycles. The van der Waals surface area contributed by atoms with E-state index in [4.69, 9.17) is 0 Å². The van der Waals surface area contributed by atoms with Crippen molar-refractivity contribution in [3.63, 3.8) is 0 Å². The maximum Gasteiger partial charge on any atom is 0.0799 e. The lowest BCUT2D eigenvalue weighted by Crippen LogP contribution is -2.25. The minimum atomic E-state index is -0.514. The highest BCUT2D eigenvalue weighted by Crippen LogP contribution is 2.15. The van der Waals surface area contributed by atoms with Crippen LogP contribution in [0.5, 0.6) is 0 Å². The molecule has 0 saturated heterocycles. The largest absolute Gasteiger partial charge is 0.390 e. The average molecular weight is 330 g/mol. The molecule has 2 N–H and O–H groups in total. The van der Waals surface area contributed by atoms with Crippen molar-refractivity contribution in [3.05, 3.63) is 0 Å². The van der Waals surface area contributed by atoms with Crippen molar-refractivity contribution in [2.45, 2.75) is 109 Å². The third kappa shape index (κ3) is 16.5. The maximum absolute atomic E-state index is 10.0. The van der Waals surface area contributed by atoms with Crippen molar-refractivity contribution in [1.29, 1.82) is 0 Å². The average Bonchev–Trinajstić information content (AvgIpc) is 2.52. The summed E-state index contributed by atoms with van der Waals surface area (Å²) in [5.41, 5.74) is 0. The molecule has 140 valence electrons. The first kappa shape index (κ1) is 22.9. The topological polar surface area (TPSA) is 43.7 Å². The second-order valence-electron chi connectivity index (χ2n) is 7.40. The zero-order valence-electron chi connectivity index (χ0n) is 16.1. The number of aliphatic hydroxyl groups is 2. The Kier molecular flexibility index (Phi) is 16.6. The number of rotatable bonds is 17. The van der Waals surface area contributed by atoms with Crippen molar-refractivity contribution < 1.29 is 10.2 Å². The Morgan fingerprint density at radius 1 is 0.609 bits per heavy atom. The molecule has 0 spiro atoms. The van der Waals surface area contributed by atoms with Gasteiger partial charge in [0.05, 0.1) is 12.2 Å². The molecule has 0 aliphatic carbocycles. The van der Waals surface area contributed by atoms with Gasteiger partial charge in [-0.3, -0.25) is 0 Å². The summed E-state index contributed by atoms with van der Waals surface area (Å²) in [6.45, 7) is 3.41. The van der Waals surface area contributed by atoms with Crippen LogP contribution in [-0.4, -0.2) is 48.0 Å². The van der Waals surface area contributed by atoms with E-state index in [1.165, 1.54) is 70.8 Å². The Labute approximate surface area is 145 Å². The molecule has 0 aliphatic rings. The smallest absolute Gasteiger partial charge is 0.0799 e. The predicted molar refractivity (Wildman–Crippen MR) is 101 cm³/mol. The molecule has 23 heavy (non-hydrogen) atoms. The number of nitrogens with zero attached hydrogens (tertiary/aromatic N) is 1. The fourth-order valence-corrected chi connectivity index (χ4v) is 3.01. The van der Waals surface area contributed by atoms with Crippen LogP contribution in [0.15, 0.2) is 0 Å². The summed E-state index contributed by atoms with van der Waals surface area (Å²) in [7, 11) is 4.25. The van der Waals surface area contributed by atoms with Gasteiger partial charge in [-0.1, -0.05) is 77.6 Å². The Bertz CT molecular complexity index is 234. The van der Waals surface area contributed by atoms with E-state index >= 15 is 0 Å². The van der Waals surface area contributed by atoms with Gasteiger partial charge >= 0.3 is 0 Å².